The minimum atomic E-state index is -2.84. The van der Waals surface area contributed by atoms with Gasteiger partial charge in [0.05, 0.1) is 4.75 Å². The molecule has 0 aliphatic carbocycles. The van der Waals surface area contributed by atoms with Crippen molar-refractivity contribution in [2.24, 2.45) is 0 Å². The second kappa shape index (κ2) is 8.15. The molecule has 0 fully saturated rings. The van der Waals surface area contributed by atoms with Gasteiger partial charge >= 0.3 is 0 Å². The lowest BCUT2D eigenvalue weighted by Crippen LogP contribution is -2.29. The third kappa shape index (κ3) is 8.91. The molecule has 6 heteroatoms. The third-order valence-corrected chi connectivity index (χ3v) is 7.03. The maximum Gasteiger partial charge on any atom is 0.154 e. The van der Waals surface area contributed by atoms with Crippen molar-refractivity contribution in [1.29, 1.82) is 0 Å². The van der Waals surface area contributed by atoms with Crippen molar-refractivity contribution < 1.29 is 16.8 Å². The van der Waals surface area contributed by atoms with Crippen molar-refractivity contribution in [2.45, 2.75) is 59.1 Å². The molecule has 0 aliphatic rings. The molecule has 0 spiro atoms. The number of sulfone groups is 2. The zero-order chi connectivity index (χ0) is 15.0. The summed E-state index contributed by atoms with van der Waals surface area (Å²) in [4.78, 5) is 0. The summed E-state index contributed by atoms with van der Waals surface area (Å²) in [6.07, 6.45) is 1.48. The lowest BCUT2D eigenvalue weighted by atomic mass is 10.3. The Morgan fingerprint density at radius 2 is 1.11 bits per heavy atom. The van der Waals surface area contributed by atoms with E-state index in [1.165, 1.54) is 0 Å². The highest BCUT2D eigenvalue weighted by molar-refractivity contribution is 7.92. The molecule has 0 aromatic rings. The average molecular weight is 300 g/mol. The molecular weight excluding hydrogens is 272 g/mol. The van der Waals surface area contributed by atoms with E-state index in [0.717, 1.165) is 12.8 Å². The normalized spacial score (nSPS) is 12.8. The second-order valence-electron chi connectivity index (χ2n) is 5.17. The van der Waals surface area contributed by atoms with Gasteiger partial charge in [0, 0.05) is 17.3 Å². The van der Waals surface area contributed by atoms with Gasteiger partial charge in [0.15, 0.2) is 9.84 Å². The highest BCUT2D eigenvalue weighted by atomic mass is 32.2. The second-order valence-corrected chi connectivity index (χ2v) is 10.5. The molecule has 0 aliphatic heterocycles. The van der Waals surface area contributed by atoms with Crippen molar-refractivity contribution >= 4 is 19.7 Å². The summed E-state index contributed by atoms with van der Waals surface area (Å²) < 4.78 is 43.1. The van der Waals surface area contributed by atoms with E-state index in [2.05, 4.69) is 0 Å². The molecule has 0 radical (unpaired) electrons. The van der Waals surface area contributed by atoms with Gasteiger partial charge in [0.2, 0.25) is 0 Å². The van der Waals surface area contributed by atoms with Crippen molar-refractivity contribution in [3.8, 4) is 0 Å². The minimum absolute atomic E-state index is 0.233. The Hall–Kier alpha value is -0.100. The fourth-order valence-electron chi connectivity index (χ4n) is 1.16. The molecule has 0 atom stereocenters. The molecule has 0 rings (SSSR count). The van der Waals surface area contributed by atoms with Crippen LogP contribution in [0.2, 0.25) is 0 Å². The smallest absolute Gasteiger partial charge is 0.154 e. The molecule has 0 unspecified atom stereocenters. The van der Waals surface area contributed by atoms with Gasteiger partial charge in [0.1, 0.15) is 9.84 Å². The maximum atomic E-state index is 11.0. The van der Waals surface area contributed by atoms with Crippen LogP contribution in [0.1, 0.15) is 54.4 Å². The molecule has 0 aromatic carbocycles. The summed E-state index contributed by atoms with van der Waals surface area (Å²) in [5, 5.41) is 0. The van der Waals surface area contributed by atoms with Crippen LogP contribution in [0.25, 0.3) is 0 Å². The van der Waals surface area contributed by atoms with E-state index >= 15 is 0 Å². The summed E-state index contributed by atoms with van der Waals surface area (Å²) >= 11 is 0. The zero-order valence-corrected chi connectivity index (χ0v) is 14.1. The summed E-state index contributed by atoms with van der Waals surface area (Å²) in [5.41, 5.74) is 0. The van der Waals surface area contributed by atoms with Crippen molar-refractivity contribution in [1.82, 2.24) is 0 Å². The molecule has 112 valence electrons. The van der Waals surface area contributed by atoms with Gasteiger partial charge in [-0.25, -0.2) is 16.8 Å². The number of rotatable bonds is 5. The van der Waals surface area contributed by atoms with Gasteiger partial charge in [-0.2, -0.15) is 0 Å². The van der Waals surface area contributed by atoms with E-state index in [9.17, 15) is 16.8 Å². The monoisotopic (exact) mass is 300 g/mol. The van der Waals surface area contributed by atoms with Gasteiger partial charge in [-0.1, -0.05) is 20.8 Å². The topological polar surface area (TPSA) is 68.3 Å². The zero-order valence-electron chi connectivity index (χ0n) is 12.5. The first-order chi connectivity index (χ1) is 7.93. The molecule has 0 saturated heterocycles. The van der Waals surface area contributed by atoms with E-state index in [1.807, 2.05) is 13.8 Å². The minimum Gasteiger partial charge on any atom is -0.229 e. The van der Waals surface area contributed by atoms with Crippen molar-refractivity contribution in [2.75, 3.05) is 17.3 Å². The fraction of sp³-hybridized carbons (Fsp3) is 1.00. The van der Waals surface area contributed by atoms with Crippen LogP contribution in [0.4, 0.5) is 0 Å². The summed E-state index contributed by atoms with van der Waals surface area (Å²) in [7, 11) is -5.52. The van der Waals surface area contributed by atoms with Gasteiger partial charge in [-0.3, -0.25) is 0 Å². The molecule has 0 amide bonds. The number of hydrogen-bond donors (Lipinski definition) is 0. The molecule has 18 heavy (non-hydrogen) atoms. The van der Waals surface area contributed by atoms with Crippen LogP contribution >= 0.6 is 0 Å². The average Bonchev–Trinajstić information content (AvgIpc) is 2.16. The third-order valence-electron chi connectivity index (χ3n) is 2.34. The van der Waals surface area contributed by atoms with E-state index in [1.54, 1.807) is 27.7 Å². The Morgan fingerprint density at radius 3 is 1.22 bits per heavy atom. The quantitative estimate of drug-likeness (QED) is 0.782. The van der Waals surface area contributed by atoms with Crippen LogP contribution in [0.3, 0.4) is 0 Å². The summed E-state index contributed by atoms with van der Waals surface area (Å²) in [5.74, 6) is 0.929. The fourth-order valence-corrected chi connectivity index (χ4v) is 3.47. The molecule has 0 bridgehead atoms. The van der Waals surface area contributed by atoms with E-state index < -0.39 is 24.4 Å². The molecular formula is C12H28O4S2. The van der Waals surface area contributed by atoms with E-state index in [4.69, 9.17) is 0 Å². The van der Waals surface area contributed by atoms with Crippen LogP contribution in [0.5, 0.6) is 0 Å². The molecule has 0 heterocycles. The van der Waals surface area contributed by atoms with Gasteiger partial charge in [-0.15, -0.1) is 0 Å². The van der Waals surface area contributed by atoms with Crippen LogP contribution in [0, 0.1) is 0 Å². The SMILES string of the molecule is CCCS(=O)(=O)CCC.CCS(=O)(=O)C(C)(C)C. The van der Waals surface area contributed by atoms with Crippen LogP contribution < -0.4 is 0 Å². The summed E-state index contributed by atoms with van der Waals surface area (Å²) in [6, 6.07) is 0. The Kier molecular flexibility index (Phi) is 9.15. The molecule has 4 nitrogen and oxygen atoms in total. The first-order valence-electron chi connectivity index (χ1n) is 6.36. The van der Waals surface area contributed by atoms with Crippen molar-refractivity contribution in [3.05, 3.63) is 0 Å². The maximum absolute atomic E-state index is 11.0. The summed E-state index contributed by atoms with van der Waals surface area (Å²) in [6.45, 7) is 10.6. The standard InChI is InChI=1S/2C6H14O2S/c1-5-9(7,8)6(2,3)4;1-3-5-9(7,8)6-4-2/h5H2,1-4H3;3-6H2,1-2H3. The Bertz CT molecular complexity index is 388. The molecule has 0 N–H and O–H groups in total. The first-order valence-corrected chi connectivity index (χ1v) is 9.83. The Balaban J connectivity index is 0. The van der Waals surface area contributed by atoms with Gasteiger partial charge in [-0.05, 0) is 33.6 Å². The number of hydrogen-bond acceptors (Lipinski definition) is 4. The van der Waals surface area contributed by atoms with Crippen LogP contribution in [-0.4, -0.2) is 38.8 Å². The van der Waals surface area contributed by atoms with Gasteiger partial charge in [0.25, 0.3) is 0 Å². The molecule has 0 saturated carbocycles. The Morgan fingerprint density at radius 1 is 0.778 bits per heavy atom. The highest BCUT2D eigenvalue weighted by Gasteiger charge is 2.26. The van der Waals surface area contributed by atoms with E-state index in [0.29, 0.717) is 11.5 Å². The highest BCUT2D eigenvalue weighted by Crippen LogP contribution is 2.14. The lowest BCUT2D eigenvalue weighted by Gasteiger charge is -2.16. The first kappa shape index (κ1) is 20.2. The predicted octanol–water partition coefficient (Wildman–Crippen LogP) is 2.44. The predicted molar refractivity (Wildman–Crippen MR) is 78.4 cm³/mol. The molecule has 0 aromatic heterocycles. The van der Waals surface area contributed by atoms with Crippen molar-refractivity contribution in [3.63, 3.8) is 0 Å². The van der Waals surface area contributed by atoms with Gasteiger partial charge < -0.3 is 0 Å². The Labute approximate surface area is 113 Å². The van der Waals surface area contributed by atoms with Crippen LogP contribution in [-0.2, 0) is 19.7 Å². The van der Waals surface area contributed by atoms with Crippen LogP contribution in [0.15, 0.2) is 0 Å². The largest absolute Gasteiger partial charge is 0.229 e. The van der Waals surface area contributed by atoms with E-state index in [-0.39, 0.29) is 5.75 Å². The lowest BCUT2D eigenvalue weighted by molar-refractivity contribution is 0.561.